The summed E-state index contributed by atoms with van der Waals surface area (Å²) in [6.45, 7) is 21.7. The van der Waals surface area contributed by atoms with Crippen LogP contribution in [0.4, 0.5) is 4.39 Å². The first-order valence-corrected chi connectivity index (χ1v) is 13.7. The number of amides is 1. The molecule has 0 aromatic heterocycles. The molecule has 0 spiro atoms. The van der Waals surface area contributed by atoms with Gasteiger partial charge in [0, 0.05) is 31.5 Å². The normalized spacial score (nSPS) is 16.6. The van der Waals surface area contributed by atoms with Crippen LogP contribution in [0, 0.1) is 12.7 Å². The topological polar surface area (TPSA) is 83.0 Å². The zero-order valence-electron chi connectivity index (χ0n) is 25.4. The Hall–Kier alpha value is -3.77. The van der Waals surface area contributed by atoms with Gasteiger partial charge in [0.25, 0.3) is 0 Å². The second kappa shape index (κ2) is 14.7. The molecule has 0 radical (unpaired) electrons. The average molecular weight is 566 g/mol. The largest absolute Gasteiger partial charge is 0.362 e. The third kappa shape index (κ3) is 10.3. The summed E-state index contributed by atoms with van der Waals surface area (Å²) in [5, 5.41) is 13.7. The van der Waals surface area contributed by atoms with Crippen LogP contribution in [0.2, 0.25) is 0 Å². The van der Waals surface area contributed by atoms with E-state index in [1.54, 1.807) is 13.0 Å². The van der Waals surface area contributed by atoms with Crippen molar-refractivity contribution in [2.75, 3.05) is 6.61 Å². The van der Waals surface area contributed by atoms with Gasteiger partial charge in [0.2, 0.25) is 5.91 Å². The van der Waals surface area contributed by atoms with Gasteiger partial charge in [0.1, 0.15) is 11.7 Å². The lowest BCUT2D eigenvalue weighted by Gasteiger charge is -2.29. The van der Waals surface area contributed by atoms with Crippen molar-refractivity contribution in [1.82, 2.24) is 10.6 Å². The Kier molecular flexibility index (Phi) is 12.0. The Morgan fingerprint density at radius 1 is 1.29 bits per heavy atom. The molecule has 1 heterocycles. The smallest absolute Gasteiger partial charge is 0.247 e. The van der Waals surface area contributed by atoms with Crippen LogP contribution in [0.15, 0.2) is 89.1 Å². The van der Waals surface area contributed by atoms with Crippen molar-refractivity contribution in [2.24, 2.45) is 4.99 Å². The molecule has 3 N–H and O–H groups in total. The molecule has 0 saturated carbocycles. The molecular weight excluding hydrogens is 517 g/mol. The maximum Gasteiger partial charge on any atom is 0.247 e. The number of hydrogen-bond acceptors (Lipinski definition) is 5. The number of rotatable bonds is 7. The molecular formula is C34H48FN3O3. The van der Waals surface area contributed by atoms with Crippen LogP contribution in [0.3, 0.4) is 0 Å². The summed E-state index contributed by atoms with van der Waals surface area (Å²) in [6, 6.07) is 14.9. The highest BCUT2D eigenvalue weighted by Gasteiger charge is 2.43. The molecule has 1 amide bonds. The van der Waals surface area contributed by atoms with Gasteiger partial charge in [-0.15, -0.1) is 5.73 Å². The molecule has 0 unspecified atom stereocenters. The number of amidine groups is 1. The number of allylic oxidation sites excluding steroid dienone is 1. The Bertz CT molecular complexity index is 1340. The second-order valence-electron chi connectivity index (χ2n) is 11.6. The molecule has 7 heteroatoms. The molecule has 1 aliphatic heterocycles. The van der Waals surface area contributed by atoms with Crippen LogP contribution in [0.1, 0.15) is 67.5 Å². The zero-order chi connectivity index (χ0) is 30.8. The third-order valence-electron chi connectivity index (χ3n) is 6.27. The highest BCUT2D eigenvalue weighted by atomic mass is 19.1. The summed E-state index contributed by atoms with van der Waals surface area (Å²) >= 11 is 0. The van der Waals surface area contributed by atoms with Crippen molar-refractivity contribution in [3.8, 4) is 0 Å². The van der Waals surface area contributed by atoms with E-state index in [0.717, 1.165) is 22.3 Å². The number of aryl methyl sites for hydroxylation is 1. The lowest BCUT2D eigenvalue weighted by atomic mass is 9.88. The van der Waals surface area contributed by atoms with Gasteiger partial charge in [-0.05, 0) is 72.1 Å². The van der Waals surface area contributed by atoms with Gasteiger partial charge in [0.15, 0.2) is 6.04 Å². The number of benzene rings is 2. The van der Waals surface area contributed by atoms with Crippen molar-refractivity contribution >= 4 is 17.8 Å². The number of carbonyl (C=O) groups is 1. The van der Waals surface area contributed by atoms with E-state index in [9.17, 15) is 9.18 Å². The molecule has 41 heavy (non-hydrogen) atoms. The maximum absolute atomic E-state index is 14.0. The van der Waals surface area contributed by atoms with E-state index in [1.165, 1.54) is 17.7 Å². The fraction of sp³-hybridized carbons (Fsp3) is 0.382. The van der Waals surface area contributed by atoms with E-state index in [4.69, 9.17) is 5.26 Å². The van der Waals surface area contributed by atoms with E-state index >= 15 is 0 Å². The lowest BCUT2D eigenvalue weighted by Crippen LogP contribution is -2.54. The van der Waals surface area contributed by atoms with E-state index < -0.39 is 11.6 Å². The van der Waals surface area contributed by atoms with Crippen LogP contribution in [0.5, 0.6) is 0 Å². The number of carbonyl (C=O) groups excluding carboxylic acids is 1. The van der Waals surface area contributed by atoms with Gasteiger partial charge in [0.05, 0.1) is 12.1 Å². The molecule has 0 saturated heterocycles. The minimum Gasteiger partial charge on any atom is -0.362 e. The fourth-order valence-electron chi connectivity index (χ4n) is 4.10. The average Bonchev–Trinajstić information content (AvgIpc) is 3.18. The van der Waals surface area contributed by atoms with Crippen molar-refractivity contribution in [3.63, 3.8) is 0 Å². The molecule has 0 fully saturated rings. The number of aliphatic imine (C=N–C) groups is 1. The predicted molar refractivity (Wildman–Crippen MR) is 170 cm³/mol. The molecule has 0 bridgehead atoms. The van der Waals surface area contributed by atoms with Gasteiger partial charge in [-0.3, -0.25) is 15.0 Å². The summed E-state index contributed by atoms with van der Waals surface area (Å²) < 4.78 is 14.0. The number of nitrogens with one attached hydrogen (secondary N) is 2. The quantitative estimate of drug-likeness (QED) is 0.185. The number of halogens is 1. The molecule has 2 aliphatic rings. The van der Waals surface area contributed by atoms with Crippen LogP contribution in [-0.4, -0.2) is 40.7 Å². The van der Waals surface area contributed by atoms with Gasteiger partial charge in [-0.1, -0.05) is 67.3 Å². The maximum atomic E-state index is 14.0. The van der Waals surface area contributed by atoms with Crippen molar-refractivity contribution in [2.45, 2.75) is 78.4 Å². The van der Waals surface area contributed by atoms with Gasteiger partial charge >= 0.3 is 0 Å². The minimum absolute atomic E-state index is 0. The van der Waals surface area contributed by atoms with Crippen LogP contribution < -0.4 is 10.6 Å². The van der Waals surface area contributed by atoms with E-state index in [1.807, 2.05) is 58.9 Å². The van der Waals surface area contributed by atoms with E-state index in [2.05, 4.69) is 58.5 Å². The zero-order valence-corrected chi connectivity index (χ0v) is 25.4. The highest BCUT2D eigenvalue weighted by Crippen LogP contribution is 2.31. The Labute approximate surface area is 247 Å². The molecule has 224 valence electrons. The summed E-state index contributed by atoms with van der Waals surface area (Å²) in [4.78, 5) is 20.8. The van der Waals surface area contributed by atoms with Gasteiger partial charge < -0.3 is 10.6 Å². The third-order valence-corrected chi connectivity index (χ3v) is 6.27. The number of hydrogen-bond donors (Lipinski definition) is 3. The van der Waals surface area contributed by atoms with E-state index in [-0.39, 0.29) is 20.1 Å². The van der Waals surface area contributed by atoms with Crippen LogP contribution >= 0.6 is 0 Å². The molecule has 6 nitrogen and oxygen atoms in total. The summed E-state index contributed by atoms with van der Waals surface area (Å²) in [5.74, 6) is 0.348. The highest BCUT2D eigenvalue weighted by molar-refractivity contribution is 6.05. The number of nitrogens with zero attached hydrogens (tertiary/aromatic N) is 1. The lowest BCUT2D eigenvalue weighted by molar-refractivity contribution is -0.237. The molecule has 2 aromatic rings. The summed E-state index contributed by atoms with van der Waals surface area (Å²) in [6.07, 6.45) is 2.75. The monoisotopic (exact) mass is 565 g/mol. The first kappa shape index (κ1) is 33.4. The molecule has 2 aromatic carbocycles. The van der Waals surface area contributed by atoms with Crippen molar-refractivity contribution in [1.29, 1.82) is 0 Å². The minimum atomic E-state index is -0.500. The van der Waals surface area contributed by atoms with Crippen LogP contribution in [-0.2, 0) is 16.1 Å². The summed E-state index contributed by atoms with van der Waals surface area (Å²) in [7, 11) is 0. The molecule has 4 rings (SSSR count). The van der Waals surface area contributed by atoms with Crippen LogP contribution in [0.25, 0.3) is 6.08 Å². The predicted octanol–water partition coefficient (Wildman–Crippen LogP) is 7.47. The first-order chi connectivity index (χ1) is 19.2. The summed E-state index contributed by atoms with van der Waals surface area (Å²) in [5.41, 5.74) is 8.07. The Morgan fingerprint density at radius 3 is 2.37 bits per heavy atom. The fourth-order valence-corrected chi connectivity index (χ4v) is 4.10. The van der Waals surface area contributed by atoms with Gasteiger partial charge in [-0.2, -0.15) is 0 Å². The first-order valence-electron chi connectivity index (χ1n) is 13.7. The van der Waals surface area contributed by atoms with E-state index in [0.29, 0.717) is 30.8 Å². The molecule has 1 aliphatic carbocycles. The SMILES string of the molecule is C=Cc1ccc(CC(=C)C2=C=C(C3=N[C@@H](C(=O)NC(C)(C)C)C(C)(C)N3)C2)cc1F.CCOO.Cc1ccccc1.[HH].[HH]. The van der Waals surface area contributed by atoms with Crippen molar-refractivity contribution < 1.29 is 22.2 Å². The Balaban J connectivity index is 0.00000115. The molecule has 1 atom stereocenters. The Morgan fingerprint density at radius 2 is 1.90 bits per heavy atom. The standard InChI is InChI=1S/C25H30FN3O.C7H8.C2H6O2.2H2/c1-8-17-10-9-16(12-20(17)26)11-15(2)18-13-19(14-18)22-27-21(25(6,7)28-22)23(30)29-24(3,4)5;1-7-5-3-2-4-6-7;1-2-4-3;;/h8-10,12,21H,1-2,11,13H2,3-7H3,(H,27,28)(H,29,30);2-6H,1H3;3H,2H2,1H3;2*1H/t21-;;;;/m0..../s1. The second-order valence-corrected chi connectivity index (χ2v) is 11.6. The van der Waals surface area contributed by atoms with Crippen molar-refractivity contribution in [3.05, 3.63) is 107 Å². The van der Waals surface area contributed by atoms with Gasteiger partial charge in [-0.25, -0.2) is 9.28 Å².